The first-order valence-corrected chi connectivity index (χ1v) is 8.10. The van der Waals surface area contributed by atoms with Gasteiger partial charge >= 0.3 is 0 Å². The lowest BCUT2D eigenvalue weighted by atomic mass is 10.1. The minimum atomic E-state index is -0.154. The van der Waals surface area contributed by atoms with Crippen LogP contribution in [0.5, 0.6) is 0 Å². The Labute approximate surface area is 127 Å². The average Bonchev–Trinajstić information content (AvgIpc) is 2.93. The average molecular weight is 294 g/mol. The van der Waals surface area contributed by atoms with Crippen LogP contribution in [-0.2, 0) is 4.74 Å². The summed E-state index contributed by atoms with van der Waals surface area (Å²) in [4.78, 5) is 2.07. The fraction of sp³-hybridized carbons (Fsp3) is 0.647. The van der Waals surface area contributed by atoms with Crippen molar-refractivity contribution in [2.45, 2.75) is 45.3 Å². The maximum absolute atomic E-state index is 13.9. The first kappa shape index (κ1) is 16.2. The van der Waals surface area contributed by atoms with Gasteiger partial charge in [0.1, 0.15) is 5.82 Å². The summed E-state index contributed by atoms with van der Waals surface area (Å²) in [5.74, 6) is -0.154. The van der Waals surface area contributed by atoms with Crippen LogP contribution >= 0.6 is 0 Å². The summed E-state index contributed by atoms with van der Waals surface area (Å²) in [6.45, 7) is 7.75. The summed E-state index contributed by atoms with van der Waals surface area (Å²) in [6.07, 6.45) is 3.81. The van der Waals surface area contributed by atoms with Gasteiger partial charge in [0, 0.05) is 19.6 Å². The second kappa shape index (κ2) is 8.35. The maximum atomic E-state index is 13.9. The van der Waals surface area contributed by atoms with Crippen molar-refractivity contribution in [3.05, 3.63) is 30.1 Å². The van der Waals surface area contributed by atoms with Crippen molar-refractivity contribution in [3.63, 3.8) is 0 Å². The molecule has 1 saturated heterocycles. The minimum absolute atomic E-state index is 0.154. The van der Waals surface area contributed by atoms with Crippen molar-refractivity contribution in [3.8, 4) is 0 Å². The van der Waals surface area contributed by atoms with Crippen molar-refractivity contribution >= 4 is 5.69 Å². The van der Waals surface area contributed by atoms with Crippen molar-refractivity contribution in [2.75, 3.05) is 31.1 Å². The van der Waals surface area contributed by atoms with Crippen molar-refractivity contribution in [1.82, 2.24) is 5.32 Å². The van der Waals surface area contributed by atoms with Gasteiger partial charge in [-0.2, -0.15) is 0 Å². The number of rotatable bonds is 8. The molecule has 1 aromatic carbocycles. The van der Waals surface area contributed by atoms with Crippen molar-refractivity contribution in [1.29, 1.82) is 0 Å². The first-order chi connectivity index (χ1) is 10.2. The van der Waals surface area contributed by atoms with Gasteiger partial charge < -0.3 is 15.0 Å². The molecule has 0 radical (unpaired) electrons. The third kappa shape index (κ3) is 4.68. The number of hydrogen-bond acceptors (Lipinski definition) is 3. The fourth-order valence-corrected chi connectivity index (χ4v) is 2.86. The van der Waals surface area contributed by atoms with Gasteiger partial charge in [-0.1, -0.05) is 19.1 Å². The summed E-state index contributed by atoms with van der Waals surface area (Å²) < 4.78 is 20.0. The Morgan fingerprint density at radius 3 is 2.71 bits per heavy atom. The van der Waals surface area contributed by atoms with E-state index in [2.05, 4.69) is 24.1 Å². The Morgan fingerprint density at radius 1 is 1.24 bits per heavy atom. The number of likely N-dealkylation sites (N-methyl/N-ethyl adjacent to an activating group) is 1. The predicted octanol–water partition coefficient (Wildman–Crippen LogP) is 3.20. The van der Waals surface area contributed by atoms with Gasteiger partial charge in [-0.25, -0.2) is 4.39 Å². The lowest BCUT2D eigenvalue weighted by molar-refractivity contribution is 0.0496. The molecule has 118 valence electrons. The van der Waals surface area contributed by atoms with E-state index < -0.39 is 0 Å². The van der Waals surface area contributed by atoms with E-state index in [-0.39, 0.29) is 11.9 Å². The summed E-state index contributed by atoms with van der Waals surface area (Å²) in [5.41, 5.74) is 0.677. The molecule has 21 heavy (non-hydrogen) atoms. The van der Waals surface area contributed by atoms with Crippen LogP contribution in [0.1, 0.15) is 33.1 Å². The van der Waals surface area contributed by atoms with Crippen LogP contribution in [0, 0.1) is 5.82 Å². The van der Waals surface area contributed by atoms with Crippen LogP contribution in [0.25, 0.3) is 0 Å². The Bertz CT molecular complexity index is 427. The van der Waals surface area contributed by atoms with Gasteiger partial charge in [0.15, 0.2) is 0 Å². The van der Waals surface area contributed by atoms with Crippen molar-refractivity contribution in [2.24, 2.45) is 0 Å². The van der Waals surface area contributed by atoms with Crippen LogP contribution in [0.4, 0.5) is 10.1 Å². The Balaban J connectivity index is 1.85. The van der Waals surface area contributed by atoms with Crippen LogP contribution in [0.2, 0.25) is 0 Å². The van der Waals surface area contributed by atoms with E-state index in [0.717, 1.165) is 45.4 Å². The predicted molar refractivity (Wildman–Crippen MR) is 85.3 cm³/mol. The molecule has 0 aliphatic carbocycles. The second-order valence-corrected chi connectivity index (χ2v) is 5.65. The Kier molecular flexibility index (Phi) is 6.46. The first-order valence-electron chi connectivity index (χ1n) is 8.10. The molecular formula is C17H27FN2O. The van der Waals surface area contributed by atoms with E-state index in [1.165, 1.54) is 6.07 Å². The molecule has 2 atom stereocenters. The van der Waals surface area contributed by atoms with Crippen LogP contribution in [-0.4, -0.2) is 38.4 Å². The zero-order chi connectivity index (χ0) is 15.1. The minimum Gasteiger partial charge on any atom is -0.372 e. The van der Waals surface area contributed by atoms with Gasteiger partial charge in [-0.3, -0.25) is 0 Å². The molecule has 3 nitrogen and oxygen atoms in total. The van der Waals surface area contributed by atoms with E-state index in [4.69, 9.17) is 4.74 Å². The topological polar surface area (TPSA) is 24.5 Å². The Morgan fingerprint density at radius 2 is 2.00 bits per heavy atom. The van der Waals surface area contributed by atoms with Gasteiger partial charge in [0.2, 0.25) is 0 Å². The second-order valence-electron chi connectivity index (χ2n) is 5.65. The highest BCUT2D eigenvalue weighted by molar-refractivity contribution is 5.47. The monoisotopic (exact) mass is 294 g/mol. The molecular weight excluding hydrogens is 267 g/mol. The highest BCUT2D eigenvalue weighted by Crippen LogP contribution is 2.24. The quantitative estimate of drug-likeness (QED) is 0.745. The number of nitrogens with zero attached hydrogens (tertiary/aromatic N) is 1. The highest BCUT2D eigenvalue weighted by Gasteiger charge is 2.26. The third-order valence-electron chi connectivity index (χ3n) is 3.99. The zero-order valence-corrected chi connectivity index (χ0v) is 13.1. The molecule has 1 heterocycles. The summed E-state index contributed by atoms with van der Waals surface area (Å²) in [5, 5.41) is 3.41. The van der Waals surface area contributed by atoms with Gasteiger partial charge in [0.05, 0.1) is 17.9 Å². The Hall–Kier alpha value is -1.13. The molecule has 0 saturated carbocycles. The number of nitrogens with one attached hydrogen (secondary N) is 1. The van der Waals surface area contributed by atoms with E-state index in [0.29, 0.717) is 11.8 Å². The smallest absolute Gasteiger partial charge is 0.146 e. The van der Waals surface area contributed by atoms with Crippen LogP contribution in [0.15, 0.2) is 24.3 Å². The molecule has 1 N–H and O–H groups in total. The molecule has 0 amide bonds. The maximum Gasteiger partial charge on any atom is 0.146 e. The van der Waals surface area contributed by atoms with Crippen LogP contribution in [0.3, 0.4) is 0 Å². The number of benzene rings is 1. The number of ether oxygens (including phenoxy) is 1. The summed E-state index contributed by atoms with van der Waals surface area (Å²) in [7, 11) is 0. The number of halogens is 1. The molecule has 0 aromatic heterocycles. The standard InChI is InChI=1S/C17H27FN2O/c1-3-11-19-12-14-9-10-15(21-14)13-20(4-2)17-8-6-5-7-16(17)18/h5-8,14-15,19H,3-4,9-13H2,1-2H3. The SMILES string of the molecule is CCCNCC1CCC(CN(CC)c2ccccc2F)O1. The lowest BCUT2D eigenvalue weighted by Crippen LogP contribution is -2.34. The van der Waals surface area contributed by atoms with E-state index in [9.17, 15) is 4.39 Å². The number of hydrogen-bond donors (Lipinski definition) is 1. The summed E-state index contributed by atoms with van der Waals surface area (Å²) >= 11 is 0. The van der Waals surface area contributed by atoms with E-state index in [1.807, 2.05) is 12.1 Å². The molecule has 2 rings (SSSR count). The lowest BCUT2D eigenvalue weighted by Gasteiger charge is -2.27. The third-order valence-corrected chi connectivity index (χ3v) is 3.99. The molecule has 0 bridgehead atoms. The molecule has 1 fully saturated rings. The molecule has 2 unspecified atom stereocenters. The summed E-state index contributed by atoms with van der Waals surface area (Å²) in [6, 6.07) is 6.97. The zero-order valence-electron chi connectivity index (χ0n) is 13.1. The molecule has 4 heteroatoms. The van der Waals surface area contributed by atoms with E-state index >= 15 is 0 Å². The normalized spacial score (nSPS) is 21.7. The highest BCUT2D eigenvalue weighted by atomic mass is 19.1. The van der Waals surface area contributed by atoms with Gasteiger partial charge in [0.25, 0.3) is 0 Å². The van der Waals surface area contributed by atoms with E-state index in [1.54, 1.807) is 6.07 Å². The van der Waals surface area contributed by atoms with Crippen LogP contribution < -0.4 is 10.2 Å². The number of anilines is 1. The largest absolute Gasteiger partial charge is 0.372 e. The van der Waals surface area contributed by atoms with Gasteiger partial charge in [-0.15, -0.1) is 0 Å². The van der Waals surface area contributed by atoms with Crippen molar-refractivity contribution < 1.29 is 9.13 Å². The number of para-hydroxylation sites is 1. The van der Waals surface area contributed by atoms with Gasteiger partial charge in [-0.05, 0) is 44.9 Å². The molecule has 1 aliphatic rings. The molecule has 0 spiro atoms. The molecule has 1 aromatic rings. The molecule has 1 aliphatic heterocycles. The fourth-order valence-electron chi connectivity index (χ4n) is 2.86.